The molecule has 0 atom stereocenters. The first-order chi connectivity index (χ1) is 15.8. The minimum Gasteiger partial charge on any atom is -0.309 e. The second-order valence-corrected chi connectivity index (χ2v) is 9.36. The number of carbonyl (C=O) groups is 1. The fourth-order valence-corrected chi connectivity index (χ4v) is 4.24. The predicted octanol–water partition coefficient (Wildman–Crippen LogP) is 4.17. The number of nitrogens with one attached hydrogen (secondary N) is 2. The van der Waals surface area contributed by atoms with Crippen molar-refractivity contribution in [2.45, 2.75) is 11.3 Å². The maximum absolute atomic E-state index is 14.0. The van der Waals surface area contributed by atoms with Gasteiger partial charge in [-0.25, -0.2) is 22.6 Å². The van der Waals surface area contributed by atoms with Crippen molar-refractivity contribution < 1.29 is 17.6 Å². The first kappa shape index (κ1) is 24.4. The van der Waals surface area contributed by atoms with Crippen LogP contribution in [0.5, 0.6) is 0 Å². The predicted molar refractivity (Wildman–Crippen MR) is 127 cm³/mol. The summed E-state index contributed by atoms with van der Waals surface area (Å²) in [5.74, 6) is -0.336. The monoisotopic (exact) mass is 470 g/mol. The van der Waals surface area contributed by atoms with Crippen molar-refractivity contribution in [3.8, 4) is 11.1 Å². The fraction of sp³-hybridized carbons (Fsp3) is 0.208. The highest BCUT2D eigenvalue weighted by molar-refractivity contribution is 7.89. The number of hydrazine groups is 1. The van der Waals surface area contributed by atoms with Crippen LogP contribution in [0.4, 0.5) is 14.9 Å². The number of carbonyl (C=O) groups excluding carboxylic acids is 1. The third-order valence-electron chi connectivity index (χ3n) is 4.84. The van der Waals surface area contributed by atoms with Crippen LogP contribution in [-0.4, -0.2) is 51.5 Å². The van der Waals surface area contributed by atoms with E-state index in [1.807, 2.05) is 19.0 Å². The van der Waals surface area contributed by atoms with Gasteiger partial charge in [0.15, 0.2) is 0 Å². The molecule has 9 heteroatoms. The normalized spacial score (nSPS) is 11.4. The summed E-state index contributed by atoms with van der Waals surface area (Å²) >= 11 is 0. The SMILES string of the molecule is CN(C)CCCN(NS(=O)(=O)c1ccccc1)C(=O)Nc1ccc(-c2ccccc2F)cc1. The molecule has 0 fully saturated rings. The van der Waals surface area contributed by atoms with Gasteiger partial charge < -0.3 is 10.2 Å². The molecule has 2 amide bonds. The molecule has 2 N–H and O–H groups in total. The second kappa shape index (κ2) is 11.0. The minimum atomic E-state index is -3.94. The topological polar surface area (TPSA) is 81.8 Å². The summed E-state index contributed by atoms with van der Waals surface area (Å²) in [6.07, 6.45) is 0.559. The molecule has 0 aliphatic heterocycles. The minimum absolute atomic E-state index is 0.0599. The van der Waals surface area contributed by atoms with E-state index in [2.05, 4.69) is 10.1 Å². The molecule has 0 bridgehead atoms. The third-order valence-corrected chi connectivity index (χ3v) is 6.19. The van der Waals surface area contributed by atoms with Crippen LogP contribution < -0.4 is 10.1 Å². The molecular weight excluding hydrogens is 443 g/mol. The quantitative estimate of drug-likeness (QED) is 0.460. The molecule has 3 rings (SSSR count). The second-order valence-electron chi connectivity index (χ2n) is 7.70. The number of nitrogens with zero attached hydrogens (tertiary/aromatic N) is 2. The highest BCUT2D eigenvalue weighted by Gasteiger charge is 2.22. The summed E-state index contributed by atoms with van der Waals surface area (Å²) in [4.78, 5) is 17.3. The number of anilines is 1. The largest absolute Gasteiger partial charge is 0.337 e. The Labute approximate surface area is 193 Å². The first-order valence-electron chi connectivity index (χ1n) is 10.4. The number of urea groups is 1. The molecule has 33 heavy (non-hydrogen) atoms. The molecular formula is C24H27FN4O3S. The number of benzene rings is 3. The maximum Gasteiger partial charge on any atom is 0.337 e. The Bertz CT molecular complexity index is 1170. The smallest absolute Gasteiger partial charge is 0.309 e. The maximum atomic E-state index is 14.0. The summed E-state index contributed by atoms with van der Waals surface area (Å²) in [5.41, 5.74) is 1.58. The van der Waals surface area contributed by atoms with E-state index < -0.39 is 16.1 Å². The van der Waals surface area contributed by atoms with Gasteiger partial charge in [-0.1, -0.05) is 48.5 Å². The van der Waals surface area contributed by atoms with Gasteiger partial charge in [0.25, 0.3) is 10.0 Å². The molecule has 3 aromatic carbocycles. The molecule has 174 valence electrons. The lowest BCUT2D eigenvalue weighted by molar-refractivity contribution is 0.198. The Morgan fingerprint density at radius 2 is 1.52 bits per heavy atom. The van der Waals surface area contributed by atoms with Gasteiger partial charge in [-0.2, -0.15) is 0 Å². The molecule has 0 aromatic heterocycles. The van der Waals surface area contributed by atoms with Crippen molar-refractivity contribution in [2.24, 2.45) is 0 Å². The summed E-state index contributed by atoms with van der Waals surface area (Å²) in [7, 11) is -0.138. The molecule has 3 aromatic rings. The van der Waals surface area contributed by atoms with Crippen LogP contribution >= 0.6 is 0 Å². The van der Waals surface area contributed by atoms with E-state index in [1.54, 1.807) is 60.7 Å². The molecule has 7 nitrogen and oxygen atoms in total. The first-order valence-corrected chi connectivity index (χ1v) is 11.9. The van der Waals surface area contributed by atoms with Crippen molar-refractivity contribution in [3.05, 3.63) is 84.7 Å². The lowest BCUT2D eigenvalue weighted by Crippen LogP contribution is -2.48. The molecule has 0 saturated heterocycles. The van der Waals surface area contributed by atoms with Gasteiger partial charge in [0.1, 0.15) is 5.82 Å². The molecule has 0 saturated carbocycles. The summed E-state index contributed by atoms with van der Waals surface area (Å²) in [6.45, 7) is 0.845. The Morgan fingerprint density at radius 3 is 2.15 bits per heavy atom. The van der Waals surface area contributed by atoms with E-state index in [4.69, 9.17) is 0 Å². The highest BCUT2D eigenvalue weighted by atomic mass is 32.2. The zero-order valence-electron chi connectivity index (χ0n) is 18.5. The summed E-state index contributed by atoms with van der Waals surface area (Å²) in [5, 5.41) is 3.75. The zero-order valence-corrected chi connectivity index (χ0v) is 19.3. The van der Waals surface area contributed by atoms with Crippen LogP contribution in [0.15, 0.2) is 83.8 Å². The average Bonchev–Trinajstić information content (AvgIpc) is 2.79. The van der Waals surface area contributed by atoms with E-state index in [9.17, 15) is 17.6 Å². The van der Waals surface area contributed by atoms with Crippen molar-refractivity contribution in [1.29, 1.82) is 0 Å². The molecule has 0 radical (unpaired) electrons. The van der Waals surface area contributed by atoms with Gasteiger partial charge >= 0.3 is 6.03 Å². The van der Waals surface area contributed by atoms with Crippen LogP contribution in [-0.2, 0) is 10.0 Å². The van der Waals surface area contributed by atoms with Crippen molar-refractivity contribution in [1.82, 2.24) is 14.7 Å². The Kier molecular flexibility index (Phi) is 8.16. The highest BCUT2D eigenvalue weighted by Crippen LogP contribution is 2.24. The van der Waals surface area contributed by atoms with Gasteiger partial charge in [0.05, 0.1) is 4.90 Å². The van der Waals surface area contributed by atoms with Gasteiger partial charge in [0, 0.05) is 17.8 Å². The van der Waals surface area contributed by atoms with Crippen LogP contribution in [0.2, 0.25) is 0 Å². The molecule has 0 unspecified atom stereocenters. The average molecular weight is 471 g/mol. The number of amides is 2. The number of hydrogen-bond acceptors (Lipinski definition) is 4. The van der Waals surface area contributed by atoms with Crippen molar-refractivity contribution in [2.75, 3.05) is 32.5 Å². The van der Waals surface area contributed by atoms with Crippen LogP contribution in [0.3, 0.4) is 0 Å². The van der Waals surface area contributed by atoms with Gasteiger partial charge in [-0.05, 0) is 63.0 Å². The van der Waals surface area contributed by atoms with Crippen LogP contribution in [0.1, 0.15) is 6.42 Å². The molecule has 0 aliphatic carbocycles. The number of sulfonamides is 1. The zero-order chi connectivity index (χ0) is 23.8. The fourth-order valence-electron chi connectivity index (χ4n) is 3.15. The summed E-state index contributed by atoms with van der Waals surface area (Å²) in [6, 6.07) is 20.3. The van der Waals surface area contributed by atoms with E-state index in [-0.39, 0.29) is 17.3 Å². The summed E-state index contributed by atoms with van der Waals surface area (Å²) < 4.78 is 39.5. The molecule has 0 spiro atoms. The number of rotatable bonds is 9. The van der Waals surface area contributed by atoms with E-state index in [0.717, 1.165) is 5.01 Å². The molecule has 0 heterocycles. The van der Waals surface area contributed by atoms with Gasteiger partial charge in [-0.15, -0.1) is 4.83 Å². The van der Waals surface area contributed by atoms with Gasteiger partial charge in [0.2, 0.25) is 0 Å². The van der Waals surface area contributed by atoms with Crippen LogP contribution in [0, 0.1) is 5.82 Å². The Balaban J connectivity index is 1.74. The lowest BCUT2D eigenvalue weighted by Gasteiger charge is -2.24. The van der Waals surface area contributed by atoms with E-state index >= 15 is 0 Å². The third kappa shape index (κ3) is 6.85. The van der Waals surface area contributed by atoms with Gasteiger partial charge in [-0.3, -0.25) is 0 Å². The molecule has 0 aliphatic rings. The van der Waals surface area contributed by atoms with E-state index in [1.165, 1.54) is 18.2 Å². The van der Waals surface area contributed by atoms with E-state index in [0.29, 0.717) is 29.8 Å². The Morgan fingerprint density at radius 1 is 0.879 bits per heavy atom. The number of hydrogen-bond donors (Lipinski definition) is 2. The van der Waals surface area contributed by atoms with Crippen LogP contribution in [0.25, 0.3) is 11.1 Å². The number of halogens is 1. The Hall–Kier alpha value is -3.27. The van der Waals surface area contributed by atoms with Crippen molar-refractivity contribution in [3.63, 3.8) is 0 Å². The van der Waals surface area contributed by atoms with Crippen molar-refractivity contribution >= 4 is 21.7 Å². The standard InChI is InChI=1S/C24H27FN4O3S/c1-28(2)17-8-18-29(27-33(31,32)21-9-4-3-5-10-21)24(30)26-20-15-13-19(14-16-20)22-11-6-7-12-23(22)25/h3-7,9-16,27H,8,17-18H2,1-2H3,(H,26,30). The lowest BCUT2D eigenvalue weighted by atomic mass is 10.1.